The van der Waals surface area contributed by atoms with Gasteiger partial charge in [0.05, 0.1) is 6.20 Å². The third-order valence-corrected chi connectivity index (χ3v) is 1.17. The van der Waals surface area contributed by atoms with Gasteiger partial charge in [0.1, 0.15) is 0 Å². The lowest BCUT2D eigenvalue weighted by Crippen LogP contribution is -1.85. The summed E-state index contributed by atoms with van der Waals surface area (Å²) >= 11 is 0. The van der Waals surface area contributed by atoms with Crippen molar-refractivity contribution in [1.82, 2.24) is 14.6 Å². The van der Waals surface area contributed by atoms with Crippen LogP contribution in [-0.2, 0) is 0 Å². The Morgan fingerprint density at radius 1 is 1.08 bits per heavy atom. The second-order valence-corrected chi connectivity index (χ2v) is 1.75. The Hall–Kier alpha value is -1.38. The third-order valence-electron chi connectivity index (χ3n) is 1.17. The van der Waals surface area contributed by atoms with Crippen LogP contribution in [0.15, 0.2) is 30.7 Å². The van der Waals surface area contributed by atoms with Gasteiger partial charge in [0.25, 0.3) is 0 Å². The van der Waals surface area contributed by atoms with Gasteiger partial charge in [-0.3, -0.25) is 0 Å². The quantitative estimate of drug-likeness (QED) is 0.622. The number of nitrogens with zero attached hydrogens (tertiary/aromatic N) is 3. The van der Waals surface area contributed by atoms with Crippen LogP contribution in [0, 0.1) is 0 Å². The largest absolute Gasteiger partial charge is 0.237 e. The smallest absolute Gasteiger partial charge is 0.154 e. The summed E-state index contributed by atoms with van der Waals surface area (Å²) in [4.78, 5) is 4.04. The maximum atomic E-state index is 4.04. The summed E-state index contributed by atoms with van der Waals surface area (Å²) in [7, 11) is 0. The molecule has 0 bridgehead atoms. The molecule has 0 unspecified atom stereocenters. The minimum absolute atomic E-state index is 0.887. The zero-order valence-electron chi connectivity index (χ0n) is 8.73. The lowest BCUT2D eigenvalue weighted by Gasteiger charge is -1.85. The first-order valence-corrected chi connectivity index (χ1v) is 4.71. The molecule has 0 aliphatic rings. The van der Waals surface area contributed by atoms with E-state index in [1.165, 1.54) is 0 Å². The summed E-state index contributed by atoms with van der Waals surface area (Å²) in [6.45, 7) is 8.00. The molecule has 0 amide bonds. The Kier molecular flexibility index (Phi) is 6.51. The standard InChI is InChI=1S/C6H5N3.2C2H6/c1-3-7-6-2-4-8-9(6)5-1;2*1-2/h1-5H;2*1-2H3. The topological polar surface area (TPSA) is 30.2 Å². The van der Waals surface area contributed by atoms with Gasteiger partial charge >= 0.3 is 0 Å². The molecule has 2 aromatic rings. The first kappa shape index (κ1) is 11.6. The lowest BCUT2D eigenvalue weighted by atomic mass is 10.6. The molecule has 0 aliphatic heterocycles. The monoisotopic (exact) mass is 179 g/mol. The van der Waals surface area contributed by atoms with Crippen LogP contribution >= 0.6 is 0 Å². The van der Waals surface area contributed by atoms with Gasteiger partial charge in [-0.25, -0.2) is 9.50 Å². The summed E-state index contributed by atoms with van der Waals surface area (Å²) < 4.78 is 1.72. The maximum Gasteiger partial charge on any atom is 0.154 e. The molecule has 2 rings (SSSR count). The molecule has 0 fully saturated rings. The van der Waals surface area contributed by atoms with Crippen LogP contribution in [0.2, 0.25) is 0 Å². The van der Waals surface area contributed by atoms with Crippen molar-refractivity contribution in [3.63, 3.8) is 0 Å². The third kappa shape index (κ3) is 3.23. The van der Waals surface area contributed by atoms with Crippen molar-refractivity contribution in [2.45, 2.75) is 27.7 Å². The Labute approximate surface area is 79.4 Å². The van der Waals surface area contributed by atoms with Gasteiger partial charge in [-0.1, -0.05) is 27.7 Å². The highest BCUT2D eigenvalue weighted by molar-refractivity contribution is 5.33. The minimum Gasteiger partial charge on any atom is -0.237 e. The SMILES string of the molecule is CC.CC.c1cnc2ccnn2c1. The fraction of sp³-hybridized carbons (Fsp3) is 0.400. The minimum atomic E-state index is 0.887. The Morgan fingerprint density at radius 3 is 2.38 bits per heavy atom. The molecule has 3 nitrogen and oxygen atoms in total. The highest BCUT2D eigenvalue weighted by Crippen LogP contribution is 1.93. The van der Waals surface area contributed by atoms with E-state index in [0.29, 0.717) is 0 Å². The van der Waals surface area contributed by atoms with E-state index in [-0.39, 0.29) is 0 Å². The molecule has 0 spiro atoms. The van der Waals surface area contributed by atoms with Crippen molar-refractivity contribution in [2.24, 2.45) is 0 Å². The van der Waals surface area contributed by atoms with Crippen LogP contribution in [0.25, 0.3) is 5.65 Å². The Balaban J connectivity index is 0.000000322. The van der Waals surface area contributed by atoms with Gasteiger partial charge in [-0.05, 0) is 6.07 Å². The van der Waals surface area contributed by atoms with Crippen LogP contribution in [0.1, 0.15) is 27.7 Å². The van der Waals surface area contributed by atoms with Gasteiger partial charge in [0, 0.05) is 18.5 Å². The predicted octanol–water partition coefficient (Wildman–Crippen LogP) is 2.78. The van der Waals surface area contributed by atoms with E-state index in [1.54, 1.807) is 16.9 Å². The fourth-order valence-electron chi connectivity index (χ4n) is 0.764. The molecule has 0 radical (unpaired) electrons. The molecule has 72 valence electrons. The summed E-state index contributed by atoms with van der Waals surface area (Å²) in [5, 5.41) is 3.97. The molecular formula is C10H17N3. The van der Waals surface area contributed by atoms with Crippen molar-refractivity contribution >= 4 is 5.65 Å². The molecule has 13 heavy (non-hydrogen) atoms. The average Bonchev–Trinajstić information content (AvgIpc) is 2.71. The summed E-state index contributed by atoms with van der Waals surface area (Å²) in [6, 6.07) is 3.71. The molecule has 0 N–H and O–H groups in total. The molecule has 0 aromatic carbocycles. The zero-order chi connectivity index (χ0) is 10.1. The Morgan fingerprint density at radius 2 is 1.77 bits per heavy atom. The van der Waals surface area contributed by atoms with Crippen molar-refractivity contribution < 1.29 is 0 Å². The number of fused-ring (bicyclic) bond motifs is 1. The zero-order valence-corrected chi connectivity index (χ0v) is 8.73. The summed E-state index contributed by atoms with van der Waals surface area (Å²) in [5.41, 5.74) is 0.887. The highest BCUT2D eigenvalue weighted by atomic mass is 15.2. The van der Waals surface area contributed by atoms with E-state index in [2.05, 4.69) is 10.1 Å². The molecule has 3 heteroatoms. The van der Waals surface area contributed by atoms with Gasteiger partial charge in [-0.2, -0.15) is 5.10 Å². The van der Waals surface area contributed by atoms with Crippen molar-refractivity contribution in [2.75, 3.05) is 0 Å². The van der Waals surface area contributed by atoms with Gasteiger partial charge in [-0.15, -0.1) is 0 Å². The van der Waals surface area contributed by atoms with Crippen molar-refractivity contribution in [1.29, 1.82) is 0 Å². The van der Waals surface area contributed by atoms with E-state index in [0.717, 1.165) is 5.65 Å². The van der Waals surface area contributed by atoms with E-state index >= 15 is 0 Å². The average molecular weight is 179 g/mol. The normalized spacial score (nSPS) is 8.00. The van der Waals surface area contributed by atoms with Crippen LogP contribution in [-0.4, -0.2) is 14.6 Å². The first-order valence-electron chi connectivity index (χ1n) is 4.71. The molecule has 0 saturated heterocycles. The summed E-state index contributed by atoms with van der Waals surface area (Å²) in [6.07, 6.45) is 5.34. The second kappa shape index (κ2) is 7.28. The van der Waals surface area contributed by atoms with E-state index in [1.807, 2.05) is 46.0 Å². The second-order valence-electron chi connectivity index (χ2n) is 1.75. The van der Waals surface area contributed by atoms with E-state index < -0.39 is 0 Å². The molecule has 0 atom stereocenters. The molecule has 0 aliphatic carbocycles. The van der Waals surface area contributed by atoms with Crippen LogP contribution in [0.3, 0.4) is 0 Å². The molecule has 2 heterocycles. The fourth-order valence-corrected chi connectivity index (χ4v) is 0.764. The highest BCUT2D eigenvalue weighted by Gasteiger charge is 1.86. The number of rotatable bonds is 0. The molecule has 0 saturated carbocycles. The lowest BCUT2D eigenvalue weighted by molar-refractivity contribution is 0.939. The van der Waals surface area contributed by atoms with Crippen LogP contribution in [0.4, 0.5) is 0 Å². The first-order chi connectivity index (χ1) is 6.47. The van der Waals surface area contributed by atoms with Gasteiger partial charge in [0.15, 0.2) is 5.65 Å². The van der Waals surface area contributed by atoms with Crippen LogP contribution in [0.5, 0.6) is 0 Å². The van der Waals surface area contributed by atoms with Gasteiger partial charge in [0.2, 0.25) is 0 Å². The van der Waals surface area contributed by atoms with Crippen LogP contribution < -0.4 is 0 Å². The Bertz CT molecular complexity index is 284. The molecule has 2 aromatic heterocycles. The molecular weight excluding hydrogens is 162 g/mol. The van der Waals surface area contributed by atoms with Crippen molar-refractivity contribution in [3.8, 4) is 0 Å². The summed E-state index contributed by atoms with van der Waals surface area (Å²) in [5.74, 6) is 0. The van der Waals surface area contributed by atoms with E-state index in [9.17, 15) is 0 Å². The van der Waals surface area contributed by atoms with Crippen molar-refractivity contribution in [3.05, 3.63) is 30.7 Å². The predicted molar refractivity (Wildman–Crippen MR) is 55.7 cm³/mol. The van der Waals surface area contributed by atoms with E-state index in [4.69, 9.17) is 0 Å². The maximum absolute atomic E-state index is 4.04. The van der Waals surface area contributed by atoms with Gasteiger partial charge < -0.3 is 0 Å². The number of hydrogen-bond acceptors (Lipinski definition) is 2. The number of hydrogen-bond donors (Lipinski definition) is 0. The number of aromatic nitrogens is 3.